The number of unbranched alkanes of at least 4 members (excludes halogenated alkanes) is 1. The first-order valence-electron chi connectivity index (χ1n) is 6.01. The molecule has 0 spiro atoms. The molecule has 0 aromatic heterocycles. The van der Waals surface area contributed by atoms with Crippen molar-refractivity contribution in [1.82, 2.24) is 0 Å². The zero-order chi connectivity index (χ0) is 13.5. The van der Waals surface area contributed by atoms with Gasteiger partial charge in [-0.3, -0.25) is 0 Å². The molecule has 1 unspecified atom stereocenters. The standard InChI is InChI=1S/C9H15O4.3CH3.Sn/c1-8(10)13-7-5-3-4-6-9(11)12-2;;;;/h7H,3-6H2,1-2H3;3*1H3;. The Bertz CT molecular complexity index is 258. The summed E-state index contributed by atoms with van der Waals surface area (Å²) in [5.74, 6) is -0.372. The van der Waals surface area contributed by atoms with Crippen molar-refractivity contribution in [2.24, 2.45) is 0 Å². The van der Waals surface area contributed by atoms with Crippen molar-refractivity contribution in [2.75, 3.05) is 7.11 Å². The van der Waals surface area contributed by atoms with Crippen LogP contribution in [0.2, 0.25) is 14.8 Å². The third-order valence-corrected chi connectivity index (χ3v) is 9.27. The Labute approximate surface area is 108 Å². The molecule has 4 nitrogen and oxygen atoms in total. The summed E-state index contributed by atoms with van der Waals surface area (Å²) in [6, 6.07) is 0. The number of esters is 2. The molecule has 0 aliphatic heterocycles. The Morgan fingerprint density at radius 2 is 1.76 bits per heavy atom. The van der Waals surface area contributed by atoms with Gasteiger partial charge in [0.05, 0.1) is 0 Å². The molecular weight excluding hydrogens is 327 g/mol. The van der Waals surface area contributed by atoms with E-state index in [-0.39, 0.29) is 16.1 Å². The molecule has 0 rings (SSSR count). The van der Waals surface area contributed by atoms with Crippen LogP contribution in [0.1, 0.15) is 32.6 Å². The van der Waals surface area contributed by atoms with E-state index in [1.54, 1.807) is 0 Å². The van der Waals surface area contributed by atoms with Crippen molar-refractivity contribution in [2.45, 2.75) is 51.5 Å². The monoisotopic (exact) mass is 352 g/mol. The molecule has 0 bridgehead atoms. The second-order valence-electron chi connectivity index (χ2n) is 5.29. The first-order valence-corrected chi connectivity index (χ1v) is 16.2. The summed E-state index contributed by atoms with van der Waals surface area (Å²) in [6.45, 7) is 1.46. The molecule has 1 atom stereocenters. The zero-order valence-electron chi connectivity index (χ0n) is 11.5. The van der Waals surface area contributed by atoms with E-state index in [1.807, 2.05) is 0 Å². The summed E-state index contributed by atoms with van der Waals surface area (Å²) in [7, 11) is 1.40. The topological polar surface area (TPSA) is 52.6 Å². The van der Waals surface area contributed by atoms with Crippen LogP contribution < -0.4 is 0 Å². The van der Waals surface area contributed by atoms with E-state index in [1.165, 1.54) is 14.0 Å². The van der Waals surface area contributed by atoms with Crippen LogP contribution in [0.25, 0.3) is 0 Å². The summed E-state index contributed by atoms with van der Waals surface area (Å²) in [4.78, 5) is 28.7. The molecule has 17 heavy (non-hydrogen) atoms. The Kier molecular flexibility index (Phi) is 7.83. The first-order chi connectivity index (χ1) is 7.77. The summed E-state index contributed by atoms with van der Waals surface area (Å²) < 4.78 is 10.1. The van der Waals surface area contributed by atoms with Gasteiger partial charge in [0.25, 0.3) is 0 Å². The van der Waals surface area contributed by atoms with Gasteiger partial charge in [0, 0.05) is 0 Å². The second-order valence-corrected chi connectivity index (χ2v) is 20.6. The molecule has 0 saturated heterocycles. The molecule has 0 amide bonds. The molecule has 0 aromatic carbocycles. The molecule has 0 heterocycles. The van der Waals surface area contributed by atoms with Gasteiger partial charge in [-0.25, -0.2) is 0 Å². The Morgan fingerprint density at radius 3 is 2.18 bits per heavy atom. The molecule has 0 aliphatic rings. The second kappa shape index (κ2) is 7.95. The van der Waals surface area contributed by atoms with Gasteiger partial charge < -0.3 is 0 Å². The molecule has 100 valence electrons. The number of hydrogen-bond acceptors (Lipinski definition) is 4. The predicted molar refractivity (Wildman–Crippen MR) is 69.4 cm³/mol. The van der Waals surface area contributed by atoms with Gasteiger partial charge in [-0.05, 0) is 0 Å². The van der Waals surface area contributed by atoms with E-state index >= 15 is 0 Å². The van der Waals surface area contributed by atoms with E-state index in [0.717, 1.165) is 19.3 Å². The third-order valence-electron chi connectivity index (χ3n) is 2.60. The van der Waals surface area contributed by atoms with Crippen LogP contribution in [0.15, 0.2) is 0 Å². The predicted octanol–water partition coefficient (Wildman–Crippen LogP) is 2.53. The van der Waals surface area contributed by atoms with Crippen molar-refractivity contribution >= 4 is 30.3 Å². The number of carbonyl (C=O) groups excluding carboxylic acids is 2. The van der Waals surface area contributed by atoms with Crippen molar-refractivity contribution in [3.63, 3.8) is 0 Å². The van der Waals surface area contributed by atoms with Crippen molar-refractivity contribution in [3.05, 3.63) is 0 Å². The van der Waals surface area contributed by atoms with Gasteiger partial charge in [-0.2, -0.15) is 0 Å². The fourth-order valence-corrected chi connectivity index (χ4v) is 6.11. The number of carbonyl (C=O) groups is 2. The Hall–Kier alpha value is -0.261. The molecule has 0 saturated carbocycles. The van der Waals surface area contributed by atoms with Gasteiger partial charge in [-0.15, -0.1) is 0 Å². The summed E-state index contributed by atoms with van der Waals surface area (Å²) in [6.07, 6.45) is 3.02. The van der Waals surface area contributed by atoms with Crippen molar-refractivity contribution < 1.29 is 19.1 Å². The van der Waals surface area contributed by atoms with Gasteiger partial charge in [-0.1, -0.05) is 0 Å². The van der Waals surface area contributed by atoms with E-state index in [4.69, 9.17) is 4.74 Å². The minimum atomic E-state index is -2.22. The molecule has 0 aromatic rings. The van der Waals surface area contributed by atoms with Crippen LogP contribution in [0.4, 0.5) is 0 Å². The number of ether oxygens (including phenoxy) is 2. The summed E-state index contributed by atoms with van der Waals surface area (Å²) in [5.41, 5.74) is 0. The SMILES string of the molecule is COC(=O)CCCC[CH](OC(C)=O)[Sn]([CH3])([CH3])[CH3]. The van der Waals surface area contributed by atoms with Crippen molar-refractivity contribution in [3.8, 4) is 0 Å². The third kappa shape index (κ3) is 8.46. The minimum absolute atomic E-state index is 0.111. The van der Waals surface area contributed by atoms with Crippen LogP contribution in [0, 0.1) is 0 Å². The van der Waals surface area contributed by atoms with E-state index in [9.17, 15) is 9.59 Å². The molecule has 5 heteroatoms. The van der Waals surface area contributed by atoms with Gasteiger partial charge in [0.15, 0.2) is 0 Å². The number of rotatable bonds is 7. The van der Waals surface area contributed by atoms with Gasteiger partial charge in [0.2, 0.25) is 0 Å². The van der Waals surface area contributed by atoms with E-state index < -0.39 is 18.4 Å². The summed E-state index contributed by atoms with van der Waals surface area (Å²) in [5, 5.41) is 0. The van der Waals surface area contributed by atoms with Crippen LogP contribution >= 0.6 is 0 Å². The van der Waals surface area contributed by atoms with Crippen LogP contribution in [0.3, 0.4) is 0 Å². The van der Waals surface area contributed by atoms with E-state index in [0.29, 0.717) is 6.42 Å². The fourth-order valence-electron chi connectivity index (χ4n) is 1.57. The van der Waals surface area contributed by atoms with Crippen LogP contribution in [0.5, 0.6) is 0 Å². The summed E-state index contributed by atoms with van der Waals surface area (Å²) >= 11 is -2.22. The fraction of sp³-hybridized carbons (Fsp3) is 0.833. The quantitative estimate of drug-likeness (QED) is 0.402. The molecule has 0 N–H and O–H groups in total. The Balaban J connectivity index is 4.01. The number of methoxy groups -OCH3 is 1. The first kappa shape index (κ1) is 16.7. The van der Waals surface area contributed by atoms with Crippen molar-refractivity contribution in [1.29, 1.82) is 0 Å². The van der Waals surface area contributed by atoms with Crippen LogP contribution in [-0.4, -0.2) is 41.5 Å². The van der Waals surface area contributed by atoms with Gasteiger partial charge in [0.1, 0.15) is 0 Å². The normalized spacial score (nSPS) is 13.0. The number of hydrogen-bond donors (Lipinski definition) is 0. The molecule has 0 radical (unpaired) electrons. The molecular formula is C12H24O4Sn. The maximum atomic E-state index is 11.0. The maximum absolute atomic E-state index is 11.0. The Morgan fingerprint density at radius 1 is 1.18 bits per heavy atom. The molecule has 0 aliphatic carbocycles. The average molecular weight is 351 g/mol. The van der Waals surface area contributed by atoms with Gasteiger partial charge >= 0.3 is 108 Å². The average Bonchev–Trinajstić information content (AvgIpc) is 2.20. The zero-order valence-corrected chi connectivity index (χ0v) is 14.4. The van der Waals surface area contributed by atoms with E-state index in [2.05, 4.69) is 19.6 Å². The molecule has 0 fully saturated rings. The van der Waals surface area contributed by atoms with Crippen LogP contribution in [-0.2, 0) is 19.1 Å².